The van der Waals surface area contributed by atoms with Crippen molar-refractivity contribution in [3.63, 3.8) is 0 Å². The number of carbonyl (C=O) groups excluding carboxylic acids is 2. The molecule has 0 aliphatic heterocycles. The lowest BCUT2D eigenvalue weighted by Gasteiger charge is -2.19. The molecule has 1 aromatic carbocycles. The van der Waals surface area contributed by atoms with Crippen molar-refractivity contribution in [3.05, 3.63) is 29.3 Å². The average Bonchev–Trinajstić information content (AvgIpc) is 2.50. The van der Waals surface area contributed by atoms with Crippen LogP contribution in [0.2, 0.25) is 0 Å². The number of aryl methyl sites for hydroxylation is 2. The molecule has 0 aliphatic carbocycles. The van der Waals surface area contributed by atoms with Crippen LogP contribution in [-0.2, 0) is 9.53 Å². The maximum absolute atomic E-state index is 11.0. The minimum Gasteiger partial charge on any atom is -0.444 e. The Balaban J connectivity index is 0. The van der Waals surface area contributed by atoms with Gasteiger partial charge in [-0.25, -0.2) is 4.79 Å². The molecule has 0 radical (unpaired) electrons. The summed E-state index contributed by atoms with van der Waals surface area (Å²) < 4.78 is 5.03. The number of rotatable bonds is 5. The molecule has 0 fully saturated rings. The van der Waals surface area contributed by atoms with E-state index in [1.165, 1.54) is 5.56 Å². The van der Waals surface area contributed by atoms with E-state index in [0.717, 1.165) is 24.1 Å². The third-order valence-corrected chi connectivity index (χ3v) is 3.17. The fourth-order valence-electron chi connectivity index (χ4n) is 1.71. The molecule has 0 unspecified atom stereocenters. The Kier molecular flexibility index (Phi) is 13.2. The number of hydrogen-bond donors (Lipinski definition) is 3. The second-order valence-corrected chi connectivity index (χ2v) is 6.83. The van der Waals surface area contributed by atoms with Crippen molar-refractivity contribution < 1.29 is 14.3 Å². The number of nitrogens with one attached hydrogen (secondary N) is 2. The number of carbonyl (C=O) groups is 2. The maximum Gasteiger partial charge on any atom is 0.407 e. The van der Waals surface area contributed by atoms with Gasteiger partial charge < -0.3 is 21.1 Å². The zero-order valence-corrected chi connectivity index (χ0v) is 16.4. The van der Waals surface area contributed by atoms with Gasteiger partial charge in [0.15, 0.2) is 0 Å². The average molecular weight is 368 g/mol. The van der Waals surface area contributed by atoms with Crippen LogP contribution in [-0.4, -0.2) is 30.7 Å². The minimum absolute atomic E-state index is 0. The van der Waals surface area contributed by atoms with Crippen molar-refractivity contribution in [2.24, 2.45) is 5.73 Å². The van der Waals surface area contributed by atoms with Crippen molar-refractivity contribution in [1.29, 1.82) is 0 Å². The van der Waals surface area contributed by atoms with Crippen LogP contribution in [0, 0.1) is 13.8 Å². The maximum atomic E-state index is 11.0. The molecule has 0 heterocycles. The number of unbranched alkanes of at least 4 members (excludes halogenated alkanes) is 1. The van der Waals surface area contributed by atoms with Crippen molar-refractivity contribution in [2.75, 3.05) is 18.4 Å². The quantitative estimate of drug-likeness (QED) is 0.682. The fraction of sp³-hybridized carbons (Fsp3) is 0.600. The van der Waals surface area contributed by atoms with Gasteiger partial charge in [-0.15, -0.1) is 0 Å². The summed E-state index contributed by atoms with van der Waals surface area (Å²) in [6, 6.07) is 5.78. The first-order chi connectivity index (χ1) is 11.6. The highest BCUT2D eigenvalue weighted by Gasteiger charge is 2.15. The second-order valence-electron chi connectivity index (χ2n) is 6.83. The molecule has 0 aliphatic rings. The van der Waals surface area contributed by atoms with Crippen LogP contribution in [0.25, 0.3) is 0 Å². The third-order valence-electron chi connectivity index (χ3n) is 3.17. The number of anilines is 1. The lowest BCUT2D eigenvalue weighted by Crippen LogP contribution is -2.32. The van der Waals surface area contributed by atoms with Crippen LogP contribution in [0.4, 0.5) is 10.5 Å². The van der Waals surface area contributed by atoms with E-state index in [-0.39, 0.29) is 26.0 Å². The number of alkyl carbamates (subject to hydrolysis) is 1. The Morgan fingerprint density at radius 3 is 2.23 bits per heavy atom. The SMILES string of the molecule is C.CCCCNC(=O)OC(C)(C)C.Cc1ccc(NC(=O)CN)cc1C. The molecule has 0 saturated heterocycles. The van der Waals surface area contributed by atoms with Gasteiger partial charge in [0, 0.05) is 12.2 Å². The van der Waals surface area contributed by atoms with E-state index in [2.05, 4.69) is 17.6 Å². The van der Waals surface area contributed by atoms with Gasteiger partial charge in [0.25, 0.3) is 0 Å². The summed E-state index contributed by atoms with van der Waals surface area (Å²) in [4.78, 5) is 21.9. The van der Waals surface area contributed by atoms with Crippen LogP contribution >= 0.6 is 0 Å². The largest absolute Gasteiger partial charge is 0.444 e. The minimum atomic E-state index is -0.393. The summed E-state index contributed by atoms with van der Waals surface area (Å²) in [6.45, 7) is 12.4. The van der Waals surface area contributed by atoms with Gasteiger partial charge in [-0.3, -0.25) is 4.79 Å². The molecule has 0 aromatic heterocycles. The zero-order chi connectivity index (χ0) is 19.5. The van der Waals surface area contributed by atoms with Crippen LogP contribution in [0.15, 0.2) is 18.2 Å². The molecule has 6 heteroatoms. The molecule has 2 amide bonds. The highest BCUT2D eigenvalue weighted by Crippen LogP contribution is 2.13. The first kappa shape index (κ1) is 26.2. The Bertz CT molecular complexity index is 552. The highest BCUT2D eigenvalue weighted by molar-refractivity contribution is 5.92. The predicted octanol–water partition coefficient (Wildman–Crippen LogP) is 4.15. The first-order valence-corrected chi connectivity index (χ1v) is 8.63. The monoisotopic (exact) mass is 367 g/mol. The van der Waals surface area contributed by atoms with Crippen LogP contribution in [0.3, 0.4) is 0 Å². The number of benzene rings is 1. The molecule has 150 valence electrons. The normalized spacial score (nSPS) is 9.96. The molecule has 1 rings (SSSR count). The number of ether oxygens (including phenoxy) is 1. The van der Waals surface area contributed by atoms with Gasteiger partial charge in [-0.1, -0.05) is 26.8 Å². The molecular weight excluding hydrogens is 330 g/mol. The lowest BCUT2D eigenvalue weighted by molar-refractivity contribution is -0.114. The van der Waals surface area contributed by atoms with Crippen molar-refractivity contribution >= 4 is 17.7 Å². The molecule has 0 saturated carbocycles. The van der Waals surface area contributed by atoms with Crippen molar-refractivity contribution in [3.8, 4) is 0 Å². The van der Waals surface area contributed by atoms with E-state index in [0.29, 0.717) is 6.54 Å². The van der Waals surface area contributed by atoms with E-state index in [1.54, 1.807) is 0 Å². The van der Waals surface area contributed by atoms with E-state index in [4.69, 9.17) is 10.5 Å². The van der Waals surface area contributed by atoms with E-state index in [1.807, 2.05) is 52.8 Å². The molecule has 26 heavy (non-hydrogen) atoms. The van der Waals surface area contributed by atoms with Crippen LogP contribution in [0.1, 0.15) is 59.1 Å². The van der Waals surface area contributed by atoms with Crippen molar-refractivity contribution in [2.45, 2.75) is 67.4 Å². The molecule has 0 bridgehead atoms. The highest BCUT2D eigenvalue weighted by atomic mass is 16.6. The van der Waals surface area contributed by atoms with Gasteiger partial charge in [-0.2, -0.15) is 0 Å². The molecule has 0 atom stereocenters. The van der Waals surface area contributed by atoms with E-state index >= 15 is 0 Å². The van der Waals surface area contributed by atoms with Gasteiger partial charge in [0.1, 0.15) is 5.60 Å². The Morgan fingerprint density at radius 1 is 1.15 bits per heavy atom. The summed E-state index contributed by atoms with van der Waals surface area (Å²) in [6.07, 6.45) is 1.76. The topological polar surface area (TPSA) is 93.5 Å². The standard InChI is InChI=1S/C10H14N2O.C9H19NO2.CH4/c1-7-3-4-9(5-8(7)2)12-10(13)6-11;1-5-6-7-10-8(11)12-9(2,3)4;/h3-5H,6,11H2,1-2H3,(H,12,13);5-7H2,1-4H3,(H,10,11);1H4. The first-order valence-electron chi connectivity index (χ1n) is 8.63. The van der Waals surface area contributed by atoms with E-state index in [9.17, 15) is 9.59 Å². The van der Waals surface area contributed by atoms with Crippen LogP contribution in [0.5, 0.6) is 0 Å². The van der Waals surface area contributed by atoms with Gasteiger partial charge >= 0.3 is 6.09 Å². The Morgan fingerprint density at radius 2 is 1.77 bits per heavy atom. The molecule has 0 spiro atoms. The summed E-state index contributed by atoms with van der Waals surface area (Å²) in [5.74, 6) is -0.164. The Labute approximate surface area is 158 Å². The van der Waals surface area contributed by atoms with Crippen molar-refractivity contribution in [1.82, 2.24) is 5.32 Å². The van der Waals surface area contributed by atoms with Gasteiger partial charge in [0.2, 0.25) is 5.91 Å². The zero-order valence-electron chi connectivity index (χ0n) is 16.4. The second kappa shape index (κ2) is 13.2. The van der Waals surface area contributed by atoms with E-state index < -0.39 is 5.60 Å². The molecule has 1 aromatic rings. The molecular formula is C20H37N3O3. The lowest BCUT2D eigenvalue weighted by atomic mass is 10.1. The summed E-state index contributed by atoms with van der Waals surface area (Å²) in [5.41, 5.74) is 7.96. The summed E-state index contributed by atoms with van der Waals surface area (Å²) in [5, 5.41) is 5.37. The smallest absolute Gasteiger partial charge is 0.407 e. The number of hydrogen-bond acceptors (Lipinski definition) is 4. The summed E-state index contributed by atoms with van der Waals surface area (Å²) >= 11 is 0. The Hall–Kier alpha value is -2.08. The molecule has 4 N–H and O–H groups in total. The fourth-order valence-corrected chi connectivity index (χ4v) is 1.71. The molecule has 6 nitrogen and oxygen atoms in total. The predicted molar refractivity (Wildman–Crippen MR) is 109 cm³/mol. The number of nitrogens with two attached hydrogens (primary N) is 1. The van der Waals surface area contributed by atoms with Crippen LogP contribution < -0.4 is 16.4 Å². The van der Waals surface area contributed by atoms with Gasteiger partial charge in [0.05, 0.1) is 6.54 Å². The van der Waals surface area contributed by atoms with Gasteiger partial charge in [-0.05, 0) is 64.3 Å². The number of amides is 2. The summed E-state index contributed by atoms with van der Waals surface area (Å²) in [7, 11) is 0. The third kappa shape index (κ3) is 13.2.